The molecule has 5 heteroatoms. The summed E-state index contributed by atoms with van der Waals surface area (Å²) in [5, 5.41) is 15.9. The first-order valence-corrected chi connectivity index (χ1v) is 7.10. The van der Waals surface area contributed by atoms with Crippen LogP contribution in [0.5, 0.6) is 0 Å². The van der Waals surface area contributed by atoms with Crippen LogP contribution in [0.15, 0.2) is 36.4 Å². The number of aromatic nitrogens is 1. The molecule has 1 aliphatic rings. The van der Waals surface area contributed by atoms with E-state index in [0.29, 0.717) is 0 Å². The molecule has 1 aliphatic carbocycles. The molecule has 0 saturated carbocycles. The van der Waals surface area contributed by atoms with Crippen molar-refractivity contribution < 1.29 is 9.90 Å². The molecule has 1 aromatic heterocycles. The van der Waals surface area contributed by atoms with Crippen molar-refractivity contribution in [2.45, 2.75) is 19.4 Å². The number of hydrogen-bond acceptors (Lipinski definition) is 2. The van der Waals surface area contributed by atoms with Crippen LogP contribution in [0.4, 0.5) is 10.5 Å². The monoisotopic (exact) mass is 285 g/mol. The maximum atomic E-state index is 12.0. The Hall–Kier alpha value is -2.27. The lowest BCUT2D eigenvalue weighted by atomic mass is 10.1. The lowest BCUT2D eigenvalue weighted by molar-refractivity contribution is 0.238. The first-order valence-electron chi connectivity index (χ1n) is 7.10. The summed E-state index contributed by atoms with van der Waals surface area (Å²) in [6.07, 6.45) is 4.62. The zero-order valence-corrected chi connectivity index (χ0v) is 11.9. The molecule has 0 spiro atoms. The minimum atomic E-state index is -0.227. The summed E-state index contributed by atoms with van der Waals surface area (Å²) in [5.74, 6) is 0.148. The number of aromatic amines is 1. The topological polar surface area (TPSA) is 77.2 Å². The van der Waals surface area contributed by atoms with Gasteiger partial charge < -0.3 is 20.7 Å². The van der Waals surface area contributed by atoms with E-state index >= 15 is 0 Å². The lowest BCUT2D eigenvalue weighted by Crippen LogP contribution is -2.36. The fourth-order valence-corrected chi connectivity index (χ4v) is 2.71. The molecule has 1 heterocycles. The van der Waals surface area contributed by atoms with E-state index < -0.39 is 0 Å². The molecule has 2 amide bonds. The number of aliphatic hydroxyl groups is 1. The molecule has 1 aromatic carbocycles. The molecule has 0 unspecified atom stereocenters. The summed E-state index contributed by atoms with van der Waals surface area (Å²) in [7, 11) is 0. The SMILES string of the molecule is Cc1cc2cc(NC(=O)N[C@@H]3C=C[C@H](CO)C3)ccc2[nH]1. The van der Waals surface area contributed by atoms with Crippen LogP contribution in [0.1, 0.15) is 12.1 Å². The highest BCUT2D eigenvalue weighted by atomic mass is 16.3. The van der Waals surface area contributed by atoms with Gasteiger partial charge in [0.15, 0.2) is 0 Å². The summed E-state index contributed by atoms with van der Waals surface area (Å²) >= 11 is 0. The highest BCUT2D eigenvalue weighted by molar-refractivity contribution is 5.93. The van der Waals surface area contributed by atoms with Gasteiger partial charge in [-0.2, -0.15) is 0 Å². The van der Waals surface area contributed by atoms with Crippen LogP contribution < -0.4 is 10.6 Å². The van der Waals surface area contributed by atoms with Gasteiger partial charge in [-0.1, -0.05) is 12.2 Å². The van der Waals surface area contributed by atoms with Crippen LogP contribution in [0.25, 0.3) is 10.9 Å². The van der Waals surface area contributed by atoms with Gasteiger partial charge in [-0.25, -0.2) is 4.79 Å². The Morgan fingerprint density at radius 1 is 1.38 bits per heavy atom. The maximum Gasteiger partial charge on any atom is 0.319 e. The van der Waals surface area contributed by atoms with Crippen LogP contribution in [0.2, 0.25) is 0 Å². The van der Waals surface area contributed by atoms with E-state index in [4.69, 9.17) is 5.11 Å². The largest absolute Gasteiger partial charge is 0.396 e. The van der Waals surface area contributed by atoms with E-state index in [1.165, 1.54) is 0 Å². The van der Waals surface area contributed by atoms with E-state index in [2.05, 4.69) is 15.6 Å². The van der Waals surface area contributed by atoms with Crippen molar-refractivity contribution in [2.24, 2.45) is 5.92 Å². The molecule has 0 aliphatic heterocycles. The molecular formula is C16H19N3O2. The predicted octanol–water partition coefficient (Wildman–Crippen LogP) is 2.53. The second-order valence-corrected chi connectivity index (χ2v) is 5.52. The average molecular weight is 285 g/mol. The smallest absolute Gasteiger partial charge is 0.319 e. The number of benzene rings is 1. The number of hydrogen-bond donors (Lipinski definition) is 4. The molecule has 2 atom stereocenters. The van der Waals surface area contributed by atoms with Crippen molar-refractivity contribution in [3.8, 4) is 0 Å². The number of anilines is 1. The number of rotatable bonds is 3. The molecular weight excluding hydrogens is 266 g/mol. The molecule has 0 saturated heterocycles. The van der Waals surface area contributed by atoms with Gasteiger partial charge in [0.1, 0.15) is 0 Å². The summed E-state index contributed by atoms with van der Waals surface area (Å²) in [6.45, 7) is 2.13. The predicted molar refractivity (Wildman–Crippen MR) is 83.3 cm³/mol. The number of nitrogens with one attached hydrogen (secondary N) is 3. The first-order chi connectivity index (χ1) is 10.1. The van der Waals surface area contributed by atoms with Crippen LogP contribution in [-0.2, 0) is 0 Å². The highest BCUT2D eigenvalue weighted by Crippen LogP contribution is 2.20. The van der Waals surface area contributed by atoms with E-state index in [0.717, 1.165) is 28.7 Å². The van der Waals surface area contributed by atoms with E-state index in [-0.39, 0.29) is 24.6 Å². The third-order valence-electron chi connectivity index (χ3n) is 3.74. The summed E-state index contributed by atoms with van der Waals surface area (Å²) in [6, 6.07) is 7.58. The lowest BCUT2D eigenvalue weighted by Gasteiger charge is -2.13. The summed E-state index contributed by atoms with van der Waals surface area (Å²) in [5.41, 5.74) is 2.92. The number of carbonyl (C=O) groups excluding carboxylic acids is 1. The number of H-pyrrole nitrogens is 1. The van der Waals surface area contributed by atoms with Gasteiger partial charge in [-0.05, 0) is 37.6 Å². The maximum absolute atomic E-state index is 12.0. The molecule has 0 fully saturated rings. The van der Waals surface area contributed by atoms with Crippen molar-refractivity contribution in [2.75, 3.05) is 11.9 Å². The Labute approximate surface area is 123 Å². The van der Waals surface area contributed by atoms with Crippen molar-refractivity contribution in [1.29, 1.82) is 0 Å². The van der Waals surface area contributed by atoms with Gasteiger partial charge in [0.2, 0.25) is 0 Å². The van der Waals surface area contributed by atoms with Crippen LogP contribution in [-0.4, -0.2) is 28.8 Å². The normalized spacial score (nSPS) is 20.9. The zero-order valence-electron chi connectivity index (χ0n) is 11.9. The van der Waals surface area contributed by atoms with Crippen molar-refractivity contribution in [1.82, 2.24) is 10.3 Å². The van der Waals surface area contributed by atoms with Crippen LogP contribution in [0.3, 0.4) is 0 Å². The Balaban J connectivity index is 1.62. The first kappa shape index (κ1) is 13.7. The van der Waals surface area contributed by atoms with E-state index in [1.54, 1.807) is 0 Å². The molecule has 0 bridgehead atoms. The third kappa shape index (κ3) is 3.08. The standard InChI is InChI=1S/C16H19N3O2/c1-10-6-12-8-14(4-5-15(12)17-10)19-16(21)18-13-3-2-11(7-13)9-20/h2-6,8,11,13,17,20H,7,9H2,1H3,(H2,18,19,21)/t11-,13+/m0/s1. The van der Waals surface area contributed by atoms with E-state index in [1.807, 2.05) is 43.3 Å². The molecule has 2 aromatic rings. The van der Waals surface area contributed by atoms with Gasteiger partial charge in [-0.3, -0.25) is 0 Å². The second kappa shape index (κ2) is 5.61. The number of amides is 2. The molecule has 5 nitrogen and oxygen atoms in total. The van der Waals surface area contributed by atoms with Crippen molar-refractivity contribution in [3.63, 3.8) is 0 Å². The fraction of sp³-hybridized carbons (Fsp3) is 0.312. The Kier molecular flexibility index (Phi) is 3.66. The molecule has 3 rings (SSSR count). The van der Waals surface area contributed by atoms with Gasteiger partial charge in [-0.15, -0.1) is 0 Å². The van der Waals surface area contributed by atoms with Gasteiger partial charge in [0.05, 0.1) is 0 Å². The van der Waals surface area contributed by atoms with E-state index in [9.17, 15) is 4.79 Å². The summed E-state index contributed by atoms with van der Waals surface area (Å²) in [4.78, 5) is 15.2. The number of aryl methyl sites for hydroxylation is 1. The minimum absolute atomic E-state index is 0.0135. The molecule has 4 N–H and O–H groups in total. The average Bonchev–Trinajstić information content (AvgIpc) is 3.03. The van der Waals surface area contributed by atoms with Crippen molar-refractivity contribution in [3.05, 3.63) is 42.1 Å². The fourth-order valence-electron chi connectivity index (χ4n) is 2.71. The molecule has 0 radical (unpaired) electrons. The number of fused-ring (bicyclic) bond motifs is 1. The number of urea groups is 1. The summed E-state index contributed by atoms with van der Waals surface area (Å²) < 4.78 is 0. The minimum Gasteiger partial charge on any atom is -0.396 e. The second-order valence-electron chi connectivity index (χ2n) is 5.52. The van der Waals surface area contributed by atoms with Gasteiger partial charge in [0, 0.05) is 40.9 Å². The third-order valence-corrected chi connectivity index (χ3v) is 3.74. The number of carbonyl (C=O) groups is 1. The molecule has 110 valence electrons. The Morgan fingerprint density at radius 2 is 2.24 bits per heavy atom. The van der Waals surface area contributed by atoms with Gasteiger partial charge >= 0.3 is 6.03 Å². The molecule has 21 heavy (non-hydrogen) atoms. The highest BCUT2D eigenvalue weighted by Gasteiger charge is 2.19. The van der Waals surface area contributed by atoms with Gasteiger partial charge in [0.25, 0.3) is 0 Å². The Morgan fingerprint density at radius 3 is 3.00 bits per heavy atom. The van der Waals surface area contributed by atoms with Crippen molar-refractivity contribution >= 4 is 22.6 Å². The quantitative estimate of drug-likeness (QED) is 0.654. The Bertz CT molecular complexity index is 690. The zero-order chi connectivity index (χ0) is 14.8. The van der Waals surface area contributed by atoms with Crippen LogP contribution >= 0.6 is 0 Å². The number of aliphatic hydroxyl groups excluding tert-OH is 1. The van der Waals surface area contributed by atoms with Crippen LogP contribution in [0, 0.1) is 12.8 Å².